The molecule has 0 saturated carbocycles. The summed E-state index contributed by atoms with van der Waals surface area (Å²) >= 11 is 4.79. The maximum Gasteiger partial charge on any atom is 0.191 e. The van der Waals surface area contributed by atoms with Gasteiger partial charge in [-0.1, -0.05) is 45.9 Å². The van der Waals surface area contributed by atoms with Gasteiger partial charge in [0.15, 0.2) is 11.0 Å². The van der Waals surface area contributed by atoms with Crippen LogP contribution in [0.5, 0.6) is 0 Å². The van der Waals surface area contributed by atoms with Gasteiger partial charge in [0.2, 0.25) is 0 Å². The minimum Gasteiger partial charge on any atom is -0.298 e. The Kier molecular flexibility index (Phi) is 5.82. The van der Waals surface area contributed by atoms with Crippen molar-refractivity contribution in [3.05, 3.63) is 41.4 Å². The molecule has 0 saturated heterocycles. The van der Waals surface area contributed by atoms with Gasteiger partial charge in [-0.05, 0) is 12.1 Å². The number of hydrogen-bond donors (Lipinski definition) is 0. The van der Waals surface area contributed by atoms with Crippen LogP contribution in [0.3, 0.4) is 0 Å². The van der Waals surface area contributed by atoms with Crippen LogP contribution in [0.25, 0.3) is 11.4 Å². The van der Waals surface area contributed by atoms with Crippen LogP contribution >= 0.6 is 27.7 Å². The number of sulfone groups is 1. The molecule has 1 aromatic carbocycles. The largest absolute Gasteiger partial charge is 0.298 e. The van der Waals surface area contributed by atoms with Gasteiger partial charge in [0.1, 0.15) is 9.84 Å². The number of benzene rings is 1. The molecular weight excluding hydrogens is 386 g/mol. The molecule has 0 aliphatic carbocycles. The summed E-state index contributed by atoms with van der Waals surface area (Å²) < 4.78 is 25.4. The summed E-state index contributed by atoms with van der Waals surface area (Å²) in [6.45, 7) is 4.33. The minimum absolute atomic E-state index is 0.117. The summed E-state index contributed by atoms with van der Waals surface area (Å²) in [6, 6.07) is 7.80. The molecule has 1 aromatic heterocycles. The van der Waals surface area contributed by atoms with Crippen molar-refractivity contribution in [2.75, 3.05) is 17.8 Å². The van der Waals surface area contributed by atoms with Crippen LogP contribution in [0.2, 0.25) is 0 Å². The van der Waals surface area contributed by atoms with Crippen molar-refractivity contribution in [2.24, 2.45) is 0 Å². The molecule has 2 aromatic rings. The van der Waals surface area contributed by atoms with E-state index in [4.69, 9.17) is 0 Å². The molecular formula is C14H16BrN3O2S2. The highest BCUT2D eigenvalue weighted by Crippen LogP contribution is 2.25. The molecule has 0 atom stereocenters. The number of aromatic nitrogens is 3. The fourth-order valence-corrected chi connectivity index (χ4v) is 4.19. The first kappa shape index (κ1) is 17.2. The summed E-state index contributed by atoms with van der Waals surface area (Å²) in [5.41, 5.74) is 0.951. The molecule has 0 bridgehead atoms. The lowest BCUT2D eigenvalue weighted by Crippen LogP contribution is -2.06. The van der Waals surface area contributed by atoms with Gasteiger partial charge in [-0.2, -0.15) is 0 Å². The van der Waals surface area contributed by atoms with E-state index in [1.54, 1.807) is 6.08 Å². The molecule has 1 heterocycles. The molecule has 8 heteroatoms. The molecule has 5 nitrogen and oxygen atoms in total. The molecule has 0 unspecified atom stereocenters. The van der Waals surface area contributed by atoms with E-state index in [9.17, 15) is 8.42 Å². The third-order valence-electron chi connectivity index (χ3n) is 2.82. The summed E-state index contributed by atoms with van der Waals surface area (Å²) in [6.07, 6.45) is 3.00. The van der Waals surface area contributed by atoms with Crippen molar-refractivity contribution in [1.82, 2.24) is 14.8 Å². The highest BCUT2D eigenvalue weighted by atomic mass is 79.9. The standard InChI is InChI=1S/C14H16BrN3O2S2/c1-3-8-18-13(11-4-6-12(15)7-5-11)16-17-14(18)21-9-10-22(2,19)20/h3-7H,1,8-10H2,2H3. The Balaban J connectivity index is 2.25. The van der Waals surface area contributed by atoms with Gasteiger partial charge in [-0.3, -0.25) is 4.57 Å². The Bertz CT molecular complexity index is 755. The van der Waals surface area contributed by atoms with Crippen molar-refractivity contribution in [3.8, 4) is 11.4 Å². The predicted octanol–water partition coefficient (Wildman–Crippen LogP) is 3.03. The van der Waals surface area contributed by atoms with E-state index in [-0.39, 0.29) is 5.75 Å². The van der Waals surface area contributed by atoms with E-state index in [0.29, 0.717) is 17.5 Å². The van der Waals surface area contributed by atoms with Crippen LogP contribution in [-0.4, -0.2) is 40.9 Å². The molecule has 118 valence electrons. The van der Waals surface area contributed by atoms with Crippen molar-refractivity contribution < 1.29 is 8.42 Å². The van der Waals surface area contributed by atoms with Crippen LogP contribution in [0.4, 0.5) is 0 Å². The van der Waals surface area contributed by atoms with E-state index in [1.165, 1.54) is 18.0 Å². The molecule has 0 N–H and O–H groups in total. The first-order valence-corrected chi connectivity index (χ1v) is 10.3. The Hall–Kier alpha value is -1.12. The Morgan fingerprint density at radius 1 is 1.32 bits per heavy atom. The zero-order valence-corrected chi connectivity index (χ0v) is 15.3. The van der Waals surface area contributed by atoms with Gasteiger partial charge < -0.3 is 0 Å². The monoisotopic (exact) mass is 401 g/mol. The summed E-state index contributed by atoms with van der Waals surface area (Å²) in [5, 5.41) is 9.10. The molecule has 0 aliphatic rings. The normalized spacial score (nSPS) is 11.5. The lowest BCUT2D eigenvalue weighted by atomic mass is 10.2. The number of nitrogens with zero attached hydrogens (tertiary/aromatic N) is 3. The molecule has 0 amide bonds. The van der Waals surface area contributed by atoms with Crippen LogP contribution in [0, 0.1) is 0 Å². The summed E-state index contributed by atoms with van der Waals surface area (Å²) in [5.74, 6) is 1.31. The zero-order chi connectivity index (χ0) is 16.2. The van der Waals surface area contributed by atoms with Crippen LogP contribution in [0.15, 0.2) is 46.5 Å². The number of allylic oxidation sites excluding steroid dienone is 1. The van der Waals surface area contributed by atoms with Crippen molar-refractivity contribution in [3.63, 3.8) is 0 Å². The topological polar surface area (TPSA) is 64.8 Å². The quantitative estimate of drug-likeness (QED) is 0.526. The van der Waals surface area contributed by atoms with Gasteiger partial charge in [-0.15, -0.1) is 16.8 Å². The Morgan fingerprint density at radius 3 is 2.59 bits per heavy atom. The molecule has 0 spiro atoms. The van der Waals surface area contributed by atoms with Crippen molar-refractivity contribution in [1.29, 1.82) is 0 Å². The summed E-state index contributed by atoms with van der Waals surface area (Å²) in [7, 11) is -2.97. The second-order valence-corrected chi connectivity index (χ2v) is 8.93. The van der Waals surface area contributed by atoms with E-state index < -0.39 is 9.84 Å². The fourth-order valence-electron chi connectivity index (χ4n) is 1.79. The minimum atomic E-state index is -2.97. The van der Waals surface area contributed by atoms with E-state index >= 15 is 0 Å². The third-order valence-corrected chi connectivity index (χ3v) is 5.52. The van der Waals surface area contributed by atoms with Crippen molar-refractivity contribution >= 4 is 37.5 Å². The third kappa shape index (κ3) is 4.69. The number of hydrogen-bond acceptors (Lipinski definition) is 5. The smallest absolute Gasteiger partial charge is 0.191 e. The van der Waals surface area contributed by atoms with Crippen molar-refractivity contribution in [2.45, 2.75) is 11.7 Å². The van der Waals surface area contributed by atoms with Gasteiger partial charge in [-0.25, -0.2) is 8.42 Å². The average Bonchev–Trinajstić information content (AvgIpc) is 2.82. The first-order chi connectivity index (χ1) is 10.4. The van der Waals surface area contributed by atoms with E-state index in [0.717, 1.165) is 15.9 Å². The number of halogens is 1. The highest BCUT2D eigenvalue weighted by molar-refractivity contribution is 9.10. The van der Waals surface area contributed by atoms with E-state index in [2.05, 4.69) is 32.7 Å². The average molecular weight is 402 g/mol. The molecule has 22 heavy (non-hydrogen) atoms. The molecule has 0 aliphatic heterocycles. The molecule has 0 radical (unpaired) electrons. The predicted molar refractivity (Wildman–Crippen MR) is 93.8 cm³/mol. The van der Waals surface area contributed by atoms with Crippen LogP contribution in [-0.2, 0) is 16.4 Å². The lowest BCUT2D eigenvalue weighted by Gasteiger charge is -2.07. The highest BCUT2D eigenvalue weighted by Gasteiger charge is 2.14. The second kappa shape index (κ2) is 7.43. The SMILES string of the molecule is C=CCn1c(SCCS(C)(=O)=O)nnc1-c1ccc(Br)cc1. The second-order valence-electron chi connectivity index (χ2n) is 4.69. The number of rotatable bonds is 7. The maximum absolute atomic E-state index is 11.2. The van der Waals surface area contributed by atoms with Gasteiger partial charge in [0.05, 0.1) is 5.75 Å². The Labute approximate surface area is 142 Å². The first-order valence-electron chi connectivity index (χ1n) is 6.51. The van der Waals surface area contributed by atoms with E-state index in [1.807, 2.05) is 28.8 Å². The van der Waals surface area contributed by atoms with Gasteiger partial charge in [0, 0.05) is 28.6 Å². The zero-order valence-electron chi connectivity index (χ0n) is 12.1. The summed E-state index contributed by atoms with van der Waals surface area (Å²) in [4.78, 5) is 0. The van der Waals surface area contributed by atoms with Gasteiger partial charge >= 0.3 is 0 Å². The lowest BCUT2D eigenvalue weighted by molar-refractivity contribution is 0.603. The molecule has 0 fully saturated rings. The fraction of sp³-hybridized carbons (Fsp3) is 0.286. The van der Waals surface area contributed by atoms with Gasteiger partial charge in [0.25, 0.3) is 0 Å². The van der Waals surface area contributed by atoms with Crippen LogP contribution < -0.4 is 0 Å². The van der Waals surface area contributed by atoms with Crippen LogP contribution in [0.1, 0.15) is 0 Å². The number of thioether (sulfide) groups is 1. The Morgan fingerprint density at radius 2 is 2.00 bits per heavy atom. The molecule has 2 rings (SSSR count). The maximum atomic E-state index is 11.2.